The number of hydrogen-bond donors (Lipinski definition) is 0. The number of halogens is 1. The zero-order valence-electron chi connectivity index (χ0n) is 9.18. The first-order chi connectivity index (χ1) is 7.36. The third-order valence-corrected chi connectivity index (χ3v) is 3.09. The van der Waals surface area contributed by atoms with Crippen LogP contribution in [0.3, 0.4) is 0 Å². The lowest BCUT2D eigenvalue weighted by atomic mass is 9.96. The quantitative estimate of drug-likeness (QED) is 0.667. The highest BCUT2D eigenvalue weighted by molar-refractivity contribution is 5.85. The molecule has 0 saturated heterocycles. The van der Waals surface area contributed by atoms with Crippen LogP contribution in [0.25, 0.3) is 0 Å². The van der Waals surface area contributed by atoms with Crippen molar-refractivity contribution in [2.75, 3.05) is 11.9 Å². The zero-order valence-corrected chi connectivity index (χ0v) is 10.00. The maximum absolute atomic E-state index is 2.27. The molecule has 0 amide bonds. The standard InChI is InChI=1S/C14H13N.ClH/c1-15-13-8-4-2-6-11(13)10-12-7-3-5-9-14(12)15;/h2-9H,10H2,1H3;1H. The summed E-state index contributed by atoms with van der Waals surface area (Å²) < 4.78 is 0. The van der Waals surface area contributed by atoms with E-state index in [2.05, 4.69) is 60.5 Å². The first-order valence-electron chi connectivity index (χ1n) is 5.26. The lowest BCUT2D eigenvalue weighted by Gasteiger charge is -2.29. The molecule has 0 atom stereocenters. The van der Waals surface area contributed by atoms with Crippen LogP contribution in [0.1, 0.15) is 11.1 Å². The molecule has 16 heavy (non-hydrogen) atoms. The minimum Gasteiger partial charge on any atom is -0.344 e. The van der Waals surface area contributed by atoms with Crippen LogP contribution in [-0.4, -0.2) is 7.05 Å². The highest BCUT2D eigenvalue weighted by Gasteiger charge is 2.17. The highest BCUT2D eigenvalue weighted by atomic mass is 35.5. The van der Waals surface area contributed by atoms with E-state index in [0.29, 0.717) is 0 Å². The molecule has 3 rings (SSSR count). The molecule has 2 aromatic rings. The van der Waals surface area contributed by atoms with Gasteiger partial charge in [0.15, 0.2) is 0 Å². The molecule has 1 aliphatic rings. The van der Waals surface area contributed by atoms with E-state index in [0.717, 1.165) is 6.42 Å². The zero-order chi connectivity index (χ0) is 10.3. The number of rotatable bonds is 0. The minimum atomic E-state index is 0. The third kappa shape index (κ3) is 1.57. The fourth-order valence-electron chi connectivity index (χ4n) is 2.31. The fourth-order valence-corrected chi connectivity index (χ4v) is 2.31. The van der Waals surface area contributed by atoms with Gasteiger partial charge in [0, 0.05) is 24.8 Å². The van der Waals surface area contributed by atoms with Crippen molar-refractivity contribution in [2.45, 2.75) is 6.42 Å². The average Bonchev–Trinajstić information content (AvgIpc) is 2.30. The Labute approximate surface area is 102 Å². The molecular weight excluding hydrogens is 218 g/mol. The maximum atomic E-state index is 2.27. The van der Waals surface area contributed by atoms with Gasteiger partial charge in [-0.2, -0.15) is 0 Å². The monoisotopic (exact) mass is 231 g/mol. The van der Waals surface area contributed by atoms with Crippen molar-refractivity contribution in [1.82, 2.24) is 0 Å². The molecule has 0 aliphatic carbocycles. The Balaban J connectivity index is 0.000000963. The van der Waals surface area contributed by atoms with Crippen molar-refractivity contribution in [1.29, 1.82) is 0 Å². The molecule has 2 aromatic carbocycles. The van der Waals surface area contributed by atoms with E-state index >= 15 is 0 Å². The van der Waals surface area contributed by atoms with Crippen LogP contribution < -0.4 is 4.90 Å². The Kier molecular flexibility index (Phi) is 2.88. The summed E-state index contributed by atoms with van der Waals surface area (Å²) in [4.78, 5) is 2.27. The van der Waals surface area contributed by atoms with Crippen molar-refractivity contribution >= 4 is 23.8 Å². The molecule has 0 saturated carbocycles. The van der Waals surface area contributed by atoms with Crippen molar-refractivity contribution in [3.05, 3.63) is 59.7 Å². The Morgan fingerprint density at radius 3 is 1.75 bits per heavy atom. The predicted molar refractivity (Wildman–Crippen MR) is 71.0 cm³/mol. The van der Waals surface area contributed by atoms with Gasteiger partial charge in [-0.25, -0.2) is 0 Å². The van der Waals surface area contributed by atoms with Crippen LogP contribution in [0.2, 0.25) is 0 Å². The second-order valence-electron chi connectivity index (χ2n) is 3.99. The van der Waals surface area contributed by atoms with Gasteiger partial charge >= 0.3 is 0 Å². The normalized spacial score (nSPS) is 12.4. The third-order valence-electron chi connectivity index (χ3n) is 3.09. The van der Waals surface area contributed by atoms with E-state index in [1.54, 1.807) is 0 Å². The summed E-state index contributed by atoms with van der Waals surface area (Å²) in [7, 11) is 2.14. The number of benzene rings is 2. The Hall–Kier alpha value is -1.47. The molecular formula is C14H14ClN. The topological polar surface area (TPSA) is 3.24 Å². The van der Waals surface area contributed by atoms with E-state index in [4.69, 9.17) is 0 Å². The van der Waals surface area contributed by atoms with Gasteiger partial charge in [-0.3, -0.25) is 0 Å². The number of anilines is 2. The highest BCUT2D eigenvalue weighted by Crippen LogP contribution is 2.36. The van der Waals surface area contributed by atoms with Gasteiger partial charge in [0.2, 0.25) is 0 Å². The van der Waals surface area contributed by atoms with Gasteiger partial charge in [0.25, 0.3) is 0 Å². The van der Waals surface area contributed by atoms with Crippen LogP contribution >= 0.6 is 12.4 Å². The molecule has 0 spiro atoms. The lowest BCUT2D eigenvalue weighted by molar-refractivity contribution is 1.06. The molecule has 0 radical (unpaired) electrons. The van der Waals surface area contributed by atoms with E-state index in [-0.39, 0.29) is 12.4 Å². The smallest absolute Gasteiger partial charge is 0.0444 e. The van der Waals surface area contributed by atoms with Crippen molar-refractivity contribution in [2.24, 2.45) is 0 Å². The Morgan fingerprint density at radius 2 is 1.25 bits per heavy atom. The fraction of sp³-hybridized carbons (Fsp3) is 0.143. The Morgan fingerprint density at radius 1 is 0.812 bits per heavy atom. The summed E-state index contributed by atoms with van der Waals surface area (Å²) >= 11 is 0. The van der Waals surface area contributed by atoms with Crippen LogP contribution in [0.4, 0.5) is 11.4 Å². The van der Waals surface area contributed by atoms with Gasteiger partial charge in [-0.05, 0) is 23.3 Å². The van der Waals surface area contributed by atoms with Gasteiger partial charge < -0.3 is 4.90 Å². The molecule has 82 valence electrons. The minimum absolute atomic E-state index is 0. The first-order valence-corrected chi connectivity index (χ1v) is 5.26. The second-order valence-corrected chi connectivity index (χ2v) is 3.99. The van der Waals surface area contributed by atoms with Crippen LogP contribution in [0.5, 0.6) is 0 Å². The van der Waals surface area contributed by atoms with Crippen molar-refractivity contribution in [3.8, 4) is 0 Å². The van der Waals surface area contributed by atoms with E-state index in [1.807, 2.05) is 0 Å². The number of fused-ring (bicyclic) bond motifs is 2. The molecule has 1 nitrogen and oxygen atoms in total. The van der Waals surface area contributed by atoms with Gasteiger partial charge in [0.1, 0.15) is 0 Å². The molecule has 1 aliphatic heterocycles. The summed E-state index contributed by atoms with van der Waals surface area (Å²) in [6, 6.07) is 17.2. The Bertz CT molecular complexity index is 462. The summed E-state index contributed by atoms with van der Waals surface area (Å²) in [6.07, 6.45) is 1.05. The van der Waals surface area contributed by atoms with Gasteiger partial charge in [-0.1, -0.05) is 36.4 Å². The second kappa shape index (κ2) is 4.18. The van der Waals surface area contributed by atoms with Crippen LogP contribution in [-0.2, 0) is 6.42 Å². The molecule has 0 bridgehead atoms. The largest absolute Gasteiger partial charge is 0.344 e. The number of para-hydroxylation sites is 2. The first kappa shape index (κ1) is 11.0. The van der Waals surface area contributed by atoms with Crippen molar-refractivity contribution < 1.29 is 0 Å². The summed E-state index contributed by atoms with van der Waals surface area (Å²) in [5.74, 6) is 0. The summed E-state index contributed by atoms with van der Waals surface area (Å²) in [5.41, 5.74) is 5.49. The molecule has 1 heterocycles. The molecule has 2 heteroatoms. The maximum Gasteiger partial charge on any atom is 0.0444 e. The average molecular weight is 232 g/mol. The number of hydrogen-bond acceptors (Lipinski definition) is 1. The lowest BCUT2D eigenvalue weighted by Crippen LogP contribution is -2.18. The molecule has 0 aromatic heterocycles. The summed E-state index contributed by atoms with van der Waals surface area (Å²) in [5, 5.41) is 0. The van der Waals surface area contributed by atoms with Crippen molar-refractivity contribution in [3.63, 3.8) is 0 Å². The van der Waals surface area contributed by atoms with E-state index in [1.165, 1.54) is 22.5 Å². The summed E-state index contributed by atoms with van der Waals surface area (Å²) in [6.45, 7) is 0. The van der Waals surface area contributed by atoms with E-state index < -0.39 is 0 Å². The molecule has 0 unspecified atom stereocenters. The van der Waals surface area contributed by atoms with E-state index in [9.17, 15) is 0 Å². The van der Waals surface area contributed by atoms with Crippen LogP contribution in [0.15, 0.2) is 48.5 Å². The van der Waals surface area contributed by atoms with Gasteiger partial charge in [0.05, 0.1) is 0 Å². The molecule has 0 N–H and O–H groups in total. The van der Waals surface area contributed by atoms with Crippen LogP contribution in [0, 0.1) is 0 Å². The molecule has 0 fully saturated rings. The number of nitrogens with zero attached hydrogens (tertiary/aromatic N) is 1. The predicted octanol–water partition coefficient (Wildman–Crippen LogP) is 3.78. The van der Waals surface area contributed by atoms with Gasteiger partial charge in [-0.15, -0.1) is 12.4 Å². The SMILES string of the molecule is CN1c2ccccc2Cc2ccccc21.Cl.